The second kappa shape index (κ2) is 7.67. The number of aliphatic imine (C=N–C) groups is 1. The number of carbonyl (C=O) groups is 2. The summed E-state index contributed by atoms with van der Waals surface area (Å²) in [7, 11) is 3.13. The van der Waals surface area contributed by atoms with Crippen LogP contribution in [0.5, 0.6) is 0 Å². The van der Waals surface area contributed by atoms with Gasteiger partial charge in [-0.05, 0) is 23.3 Å². The molecule has 1 unspecified atom stereocenters. The molecule has 0 radical (unpaired) electrons. The summed E-state index contributed by atoms with van der Waals surface area (Å²) < 4.78 is 1.89. The molecule has 2 aliphatic heterocycles. The van der Waals surface area contributed by atoms with Crippen LogP contribution in [0.2, 0.25) is 5.02 Å². The number of imide groups is 1. The van der Waals surface area contributed by atoms with E-state index in [0.29, 0.717) is 29.9 Å². The molecular formula is C21H21ClN5O2+. The lowest BCUT2D eigenvalue weighted by Crippen LogP contribution is -2.61. The molecule has 0 spiro atoms. The Hall–Kier alpha value is -3.19. The van der Waals surface area contributed by atoms with Gasteiger partial charge in [0.25, 0.3) is 5.91 Å². The van der Waals surface area contributed by atoms with E-state index in [2.05, 4.69) is 10.3 Å². The summed E-state index contributed by atoms with van der Waals surface area (Å²) >= 11 is 6.00. The van der Waals surface area contributed by atoms with Gasteiger partial charge < -0.3 is 0 Å². The molecule has 2 aromatic rings. The van der Waals surface area contributed by atoms with Gasteiger partial charge in [-0.15, -0.1) is 0 Å². The van der Waals surface area contributed by atoms with Crippen molar-refractivity contribution in [2.45, 2.75) is 19.1 Å². The topological polar surface area (TPSA) is 68.0 Å². The highest BCUT2D eigenvalue weighted by Crippen LogP contribution is 2.21. The van der Waals surface area contributed by atoms with Crippen LogP contribution in [-0.2, 0) is 17.9 Å². The standard InChI is InChI=1S/C21H20ClN5O2/c1-25-18-17(19(28)26(2)21(25)29)27(13-15-8-10-16(22)11-9-15)20(24-18)23-12-14-6-4-3-5-7-14/h3-11,17H,12-13H2,1-2H3/p+1. The Bertz CT molecular complexity index is 1020. The molecular weight excluding hydrogens is 390 g/mol. The molecule has 7 nitrogen and oxygen atoms in total. The second-order valence-corrected chi connectivity index (χ2v) is 7.46. The van der Waals surface area contributed by atoms with E-state index in [-0.39, 0.29) is 11.9 Å². The molecule has 2 heterocycles. The number of amides is 3. The first kappa shape index (κ1) is 19.1. The molecule has 0 bridgehead atoms. The van der Waals surface area contributed by atoms with Crippen molar-refractivity contribution in [3.05, 3.63) is 70.7 Å². The summed E-state index contributed by atoms with van der Waals surface area (Å²) in [6.45, 7) is 1.01. The highest BCUT2D eigenvalue weighted by Gasteiger charge is 2.51. The Balaban J connectivity index is 1.69. The van der Waals surface area contributed by atoms with Gasteiger partial charge in [0.15, 0.2) is 0 Å². The largest absolute Gasteiger partial charge is 0.390 e. The summed E-state index contributed by atoms with van der Waals surface area (Å²) in [5.74, 6) is 0.701. The van der Waals surface area contributed by atoms with Crippen LogP contribution in [-0.4, -0.2) is 58.2 Å². The second-order valence-electron chi connectivity index (χ2n) is 7.03. The van der Waals surface area contributed by atoms with Gasteiger partial charge in [0.2, 0.25) is 11.9 Å². The Morgan fingerprint density at radius 3 is 2.38 bits per heavy atom. The number of halogens is 1. The van der Waals surface area contributed by atoms with Crippen LogP contribution in [0, 0.1) is 0 Å². The Labute approximate surface area is 173 Å². The quantitative estimate of drug-likeness (QED) is 0.786. The first-order chi connectivity index (χ1) is 14.0. The van der Waals surface area contributed by atoms with E-state index in [4.69, 9.17) is 11.6 Å². The van der Waals surface area contributed by atoms with Gasteiger partial charge in [0, 0.05) is 19.1 Å². The molecule has 2 aromatic carbocycles. The number of hydrogen-bond acceptors (Lipinski definition) is 4. The number of urea groups is 1. The number of nitrogens with zero attached hydrogens (tertiary/aromatic N) is 4. The first-order valence-corrected chi connectivity index (χ1v) is 9.63. The van der Waals surface area contributed by atoms with Crippen molar-refractivity contribution in [3.63, 3.8) is 0 Å². The predicted molar refractivity (Wildman–Crippen MR) is 111 cm³/mol. The van der Waals surface area contributed by atoms with E-state index in [1.807, 2.05) is 59.2 Å². The van der Waals surface area contributed by atoms with Gasteiger partial charge in [-0.3, -0.25) is 19.9 Å². The van der Waals surface area contributed by atoms with Crippen LogP contribution in [0.3, 0.4) is 0 Å². The highest BCUT2D eigenvalue weighted by atomic mass is 35.5. The molecule has 1 atom stereocenters. The van der Waals surface area contributed by atoms with Crippen molar-refractivity contribution in [2.75, 3.05) is 14.1 Å². The fraction of sp³-hybridized carbons (Fsp3) is 0.238. The van der Waals surface area contributed by atoms with Crippen molar-refractivity contribution in [1.29, 1.82) is 0 Å². The lowest BCUT2D eigenvalue weighted by Gasteiger charge is -2.31. The van der Waals surface area contributed by atoms with Crippen LogP contribution >= 0.6 is 11.6 Å². The maximum atomic E-state index is 12.9. The summed E-state index contributed by atoms with van der Waals surface area (Å²) in [6, 6.07) is 16.4. The van der Waals surface area contributed by atoms with Gasteiger partial charge in [0.1, 0.15) is 0 Å². The fourth-order valence-corrected chi connectivity index (χ4v) is 3.60. The zero-order valence-electron chi connectivity index (χ0n) is 16.2. The molecule has 29 heavy (non-hydrogen) atoms. The highest BCUT2D eigenvalue weighted by molar-refractivity contribution is 6.30. The summed E-state index contributed by atoms with van der Waals surface area (Å²) in [5, 5.41) is 3.98. The van der Waals surface area contributed by atoms with E-state index < -0.39 is 6.04 Å². The van der Waals surface area contributed by atoms with E-state index >= 15 is 0 Å². The number of guanidine groups is 1. The lowest BCUT2D eigenvalue weighted by molar-refractivity contribution is -0.553. The monoisotopic (exact) mass is 410 g/mol. The lowest BCUT2D eigenvalue weighted by atomic mass is 10.1. The molecule has 1 saturated heterocycles. The average Bonchev–Trinajstić information content (AvgIpc) is 3.10. The van der Waals surface area contributed by atoms with Crippen LogP contribution in [0.25, 0.3) is 0 Å². The maximum Gasteiger partial charge on any atom is 0.390 e. The molecule has 2 aliphatic rings. The fourth-order valence-electron chi connectivity index (χ4n) is 3.47. The summed E-state index contributed by atoms with van der Waals surface area (Å²) in [6.07, 6.45) is 0. The number of fused-ring (bicyclic) bond motifs is 1. The van der Waals surface area contributed by atoms with E-state index in [1.54, 1.807) is 7.05 Å². The maximum absolute atomic E-state index is 12.9. The molecule has 3 amide bonds. The minimum atomic E-state index is -0.656. The van der Waals surface area contributed by atoms with Gasteiger partial charge in [-0.25, -0.2) is 9.37 Å². The molecule has 148 valence electrons. The molecule has 0 aliphatic carbocycles. The SMILES string of the molecule is CN1C(=O)C2C(=NC(NCc3ccccc3)=[N+]2Cc2ccc(Cl)cc2)N(C)C1=O. The van der Waals surface area contributed by atoms with E-state index in [1.165, 1.54) is 11.9 Å². The summed E-state index contributed by atoms with van der Waals surface area (Å²) in [5.41, 5.74) is 2.08. The number of hydrogen-bond donors (Lipinski definition) is 1. The number of likely N-dealkylation sites (N-methyl/N-ethyl adjacent to an activating group) is 2. The van der Waals surface area contributed by atoms with Gasteiger partial charge in [0.05, 0.1) is 13.1 Å². The van der Waals surface area contributed by atoms with Crippen molar-refractivity contribution >= 4 is 35.3 Å². The average molecular weight is 411 g/mol. The number of carbonyl (C=O) groups excluding carboxylic acids is 2. The van der Waals surface area contributed by atoms with E-state index in [0.717, 1.165) is 16.0 Å². The smallest absolute Gasteiger partial charge is 0.271 e. The molecule has 0 saturated carbocycles. The Morgan fingerprint density at radius 1 is 1.00 bits per heavy atom. The molecule has 1 N–H and O–H groups in total. The molecule has 4 rings (SSSR count). The number of nitrogens with one attached hydrogen (secondary N) is 1. The third kappa shape index (κ3) is 3.61. The third-order valence-electron chi connectivity index (χ3n) is 5.09. The predicted octanol–water partition coefficient (Wildman–Crippen LogP) is 2.30. The van der Waals surface area contributed by atoms with Gasteiger partial charge in [-0.2, -0.15) is 0 Å². The van der Waals surface area contributed by atoms with Crippen LogP contribution < -0.4 is 5.32 Å². The first-order valence-electron chi connectivity index (χ1n) is 9.25. The zero-order chi connectivity index (χ0) is 20.5. The van der Waals surface area contributed by atoms with Gasteiger partial charge >= 0.3 is 12.0 Å². The van der Waals surface area contributed by atoms with Crippen molar-refractivity contribution in [3.8, 4) is 0 Å². The van der Waals surface area contributed by atoms with Gasteiger partial charge in [-0.1, -0.05) is 59.1 Å². The van der Waals surface area contributed by atoms with Crippen molar-refractivity contribution < 1.29 is 14.2 Å². The van der Waals surface area contributed by atoms with E-state index in [9.17, 15) is 9.59 Å². The molecule has 1 fully saturated rings. The summed E-state index contributed by atoms with van der Waals surface area (Å²) in [4.78, 5) is 32.5. The Kier molecular flexibility index (Phi) is 5.07. The number of amidine groups is 1. The van der Waals surface area contributed by atoms with Crippen LogP contribution in [0.4, 0.5) is 4.79 Å². The number of benzene rings is 2. The van der Waals surface area contributed by atoms with Crippen molar-refractivity contribution in [1.82, 2.24) is 15.1 Å². The minimum Gasteiger partial charge on any atom is -0.271 e. The van der Waals surface area contributed by atoms with Crippen LogP contribution in [0.1, 0.15) is 11.1 Å². The zero-order valence-corrected chi connectivity index (χ0v) is 16.9. The van der Waals surface area contributed by atoms with Crippen molar-refractivity contribution in [2.24, 2.45) is 4.99 Å². The minimum absolute atomic E-state index is 0.294. The Morgan fingerprint density at radius 2 is 1.69 bits per heavy atom. The normalized spacial score (nSPS) is 18.9. The third-order valence-corrected chi connectivity index (χ3v) is 5.34. The molecule has 0 aromatic heterocycles. The molecule has 8 heteroatoms. The van der Waals surface area contributed by atoms with Crippen LogP contribution in [0.15, 0.2) is 59.6 Å². The number of rotatable bonds is 4.